The van der Waals surface area contributed by atoms with Crippen molar-refractivity contribution < 1.29 is 27.7 Å². The largest absolute Gasteiger partial charge is 0.416 e. The van der Waals surface area contributed by atoms with Crippen molar-refractivity contribution >= 4 is 40.6 Å². The molecule has 1 aromatic heterocycles. The van der Waals surface area contributed by atoms with E-state index in [1.54, 1.807) is 11.5 Å². The van der Waals surface area contributed by atoms with Gasteiger partial charge in [0.15, 0.2) is 5.16 Å². The monoisotopic (exact) mass is 508 g/mol. The third-order valence-electron chi connectivity index (χ3n) is 4.60. The zero-order valence-corrected chi connectivity index (χ0v) is 19.0. The number of nitrogens with one attached hydrogen (secondary N) is 2. The Bertz CT molecular complexity index is 1230. The summed E-state index contributed by atoms with van der Waals surface area (Å²) in [5, 5.41) is 24.1. The summed E-state index contributed by atoms with van der Waals surface area (Å²) in [6.07, 6.45) is -4.76. The van der Waals surface area contributed by atoms with E-state index in [-0.39, 0.29) is 35.3 Å². The summed E-state index contributed by atoms with van der Waals surface area (Å²) in [6.45, 7) is 2.18. The highest BCUT2D eigenvalue weighted by Crippen LogP contribution is 2.30. The van der Waals surface area contributed by atoms with E-state index < -0.39 is 22.6 Å². The third kappa shape index (κ3) is 7.02. The van der Waals surface area contributed by atoms with Crippen LogP contribution in [0, 0.1) is 10.1 Å². The molecule has 1 heterocycles. The van der Waals surface area contributed by atoms with Crippen molar-refractivity contribution in [2.24, 2.45) is 0 Å². The molecule has 0 spiro atoms. The molecular formula is C21H19F3N6O4S. The number of aromatic nitrogens is 3. The molecule has 14 heteroatoms. The number of carbonyl (C=O) groups excluding carboxylic acids is 2. The minimum atomic E-state index is -4.53. The summed E-state index contributed by atoms with van der Waals surface area (Å²) in [5.41, 5.74) is -0.578. The van der Waals surface area contributed by atoms with E-state index >= 15 is 0 Å². The molecule has 10 nitrogen and oxygen atoms in total. The number of benzene rings is 2. The van der Waals surface area contributed by atoms with E-state index in [1.807, 2.05) is 0 Å². The SMILES string of the molecule is CCn1c(CC(=O)Nc2cccc(C(F)(F)F)c2)nnc1SCC(=O)Nc1ccc([N+](=O)[O-])cc1. The Hall–Kier alpha value is -3.94. The van der Waals surface area contributed by atoms with Crippen LogP contribution < -0.4 is 10.6 Å². The second-order valence-corrected chi connectivity index (χ2v) is 8.03. The molecule has 0 aliphatic carbocycles. The van der Waals surface area contributed by atoms with Crippen LogP contribution >= 0.6 is 11.8 Å². The summed E-state index contributed by atoms with van der Waals surface area (Å²) in [6, 6.07) is 9.66. The van der Waals surface area contributed by atoms with Crippen LogP contribution in [0.5, 0.6) is 0 Å². The Balaban J connectivity index is 1.58. The normalized spacial score (nSPS) is 11.2. The van der Waals surface area contributed by atoms with Gasteiger partial charge in [-0.1, -0.05) is 17.8 Å². The first-order valence-electron chi connectivity index (χ1n) is 10.1. The summed E-state index contributed by atoms with van der Waals surface area (Å²) < 4.78 is 40.2. The standard InChI is InChI=1S/C21H19F3N6O4S/c1-2-29-17(11-18(31)26-15-5-3-4-13(10-15)21(22,23)24)27-28-20(29)35-12-19(32)25-14-6-8-16(9-7-14)30(33)34/h3-10H,2,11-12H2,1H3,(H,25,32)(H,26,31). The molecule has 0 fully saturated rings. The number of anilines is 2. The van der Waals surface area contributed by atoms with Gasteiger partial charge in [0, 0.05) is 30.1 Å². The van der Waals surface area contributed by atoms with Gasteiger partial charge in [0.05, 0.1) is 22.7 Å². The van der Waals surface area contributed by atoms with Crippen LogP contribution in [-0.4, -0.2) is 37.3 Å². The number of thioether (sulfide) groups is 1. The van der Waals surface area contributed by atoms with Crippen LogP contribution in [0.15, 0.2) is 53.7 Å². The molecule has 2 N–H and O–H groups in total. The molecule has 184 valence electrons. The van der Waals surface area contributed by atoms with E-state index in [0.717, 1.165) is 23.9 Å². The number of halogens is 3. The number of rotatable bonds is 9. The number of carbonyl (C=O) groups is 2. The van der Waals surface area contributed by atoms with E-state index in [4.69, 9.17) is 0 Å². The fraction of sp³-hybridized carbons (Fsp3) is 0.238. The molecule has 0 saturated heterocycles. The van der Waals surface area contributed by atoms with Gasteiger partial charge in [-0.2, -0.15) is 13.2 Å². The van der Waals surface area contributed by atoms with Gasteiger partial charge in [-0.05, 0) is 37.3 Å². The number of hydrogen-bond donors (Lipinski definition) is 2. The zero-order valence-electron chi connectivity index (χ0n) is 18.2. The maximum absolute atomic E-state index is 12.9. The van der Waals surface area contributed by atoms with Crippen molar-refractivity contribution in [3.8, 4) is 0 Å². The summed E-state index contributed by atoms with van der Waals surface area (Å²) in [7, 11) is 0. The third-order valence-corrected chi connectivity index (χ3v) is 5.56. The van der Waals surface area contributed by atoms with Crippen molar-refractivity contribution in [2.75, 3.05) is 16.4 Å². The first-order valence-corrected chi connectivity index (χ1v) is 11.1. The Labute approximate surface area is 201 Å². The fourth-order valence-electron chi connectivity index (χ4n) is 2.99. The summed E-state index contributed by atoms with van der Waals surface area (Å²) in [5.74, 6) is -0.696. The molecule has 0 bridgehead atoms. The Morgan fingerprint density at radius 3 is 2.37 bits per heavy atom. The molecule has 0 radical (unpaired) electrons. The number of nitro groups is 1. The number of alkyl halides is 3. The van der Waals surface area contributed by atoms with E-state index in [0.29, 0.717) is 17.4 Å². The number of non-ortho nitro benzene ring substituents is 1. The number of amides is 2. The number of nitro benzene ring substituents is 1. The molecule has 2 aromatic carbocycles. The second kappa shape index (κ2) is 11.0. The van der Waals surface area contributed by atoms with Crippen molar-refractivity contribution in [1.29, 1.82) is 0 Å². The molecule has 0 aliphatic heterocycles. The minimum Gasteiger partial charge on any atom is -0.326 e. The fourth-order valence-corrected chi connectivity index (χ4v) is 3.81. The lowest BCUT2D eigenvalue weighted by Gasteiger charge is -2.10. The van der Waals surface area contributed by atoms with E-state index in [9.17, 15) is 32.9 Å². The Morgan fingerprint density at radius 2 is 1.74 bits per heavy atom. The highest BCUT2D eigenvalue weighted by Gasteiger charge is 2.30. The smallest absolute Gasteiger partial charge is 0.326 e. The van der Waals surface area contributed by atoms with E-state index in [1.165, 1.54) is 36.4 Å². The average Bonchev–Trinajstić information content (AvgIpc) is 3.18. The van der Waals surface area contributed by atoms with Crippen LogP contribution in [0.3, 0.4) is 0 Å². The minimum absolute atomic E-state index is 0.00454. The molecule has 0 unspecified atom stereocenters. The second-order valence-electron chi connectivity index (χ2n) is 7.09. The van der Waals surface area contributed by atoms with Crippen molar-refractivity contribution in [3.63, 3.8) is 0 Å². The van der Waals surface area contributed by atoms with Gasteiger partial charge in [0.25, 0.3) is 5.69 Å². The highest BCUT2D eigenvalue weighted by atomic mass is 32.2. The van der Waals surface area contributed by atoms with Crippen LogP contribution in [0.2, 0.25) is 0 Å². The maximum Gasteiger partial charge on any atom is 0.416 e. The first-order chi connectivity index (χ1) is 16.6. The number of nitrogens with zero attached hydrogens (tertiary/aromatic N) is 4. The summed E-state index contributed by atoms with van der Waals surface area (Å²) in [4.78, 5) is 34.7. The van der Waals surface area contributed by atoms with Crippen molar-refractivity contribution in [2.45, 2.75) is 31.2 Å². The topological polar surface area (TPSA) is 132 Å². The first kappa shape index (κ1) is 25.7. The van der Waals surface area contributed by atoms with E-state index in [2.05, 4.69) is 20.8 Å². The van der Waals surface area contributed by atoms with Gasteiger partial charge in [0.2, 0.25) is 11.8 Å². The molecule has 35 heavy (non-hydrogen) atoms. The van der Waals surface area contributed by atoms with Gasteiger partial charge in [0.1, 0.15) is 5.82 Å². The molecular weight excluding hydrogens is 489 g/mol. The maximum atomic E-state index is 12.9. The zero-order chi connectivity index (χ0) is 25.6. The van der Waals surface area contributed by atoms with Crippen LogP contribution in [0.25, 0.3) is 0 Å². The molecule has 0 aliphatic rings. The molecule has 0 atom stereocenters. The summed E-state index contributed by atoms with van der Waals surface area (Å²) >= 11 is 1.08. The molecule has 2 amide bonds. The highest BCUT2D eigenvalue weighted by molar-refractivity contribution is 7.99. The average molecular weight is 508 g/mol. The number of hydrogen-bond acceptors (Lipinski definition) is 7. The van der Waals surface area contributed by atoms with Crippen LogP contribution in [-0.2, 0) is 28.7 Å². The van der Waals surface area contributed by atoms with Gasteiger partial charge in [-0.3, -0.25) is 19.7 Å². The Kier molecular flexibility index (Phi) is 8.06. The van der Waals surface area contributed by atoms with Crippen LogP contribution in [0.4, 0.5) is 30.2 Å². The molecule has 3 aromatic rings. The van der Waals surface area contributed by atoms with Crippen molar-refractivity contribution in [1.82, 2.24) is 14.8 Å². The van der Waals surface area contributed by atoms with Gasteiger partial charge >= 0.3 is 6.18 Å². The van der Waals surface area contributed by atoms with Crippen molar-refractivity contribution in [3.05, 3.63) is 70.0 Å². The molecule has 0 saturated carbocycles. The Morgan fingerprint density at radius 1 is 1.06 bits per heavy atom. The predicted molar refractivity (Wildman–Crippen MR) is 122 cm³/mol. The van der Waals surface area contributed by atoms with Gasteiger partial charge in [-0.25, -0.2) is 0 Å². The van der Waals surface area contributed by atoms with Crippen LogP contribution in [0.1, 0.15) is 18.3 Å². The lowest BCUT2D eigenvalue weighted by atomic mass is 10.2. The van der Waals surface area contributed by atoms with Gasteiger partial charge < -0.3 is 15.2 Å². The quantitative estimate of drug-likeness (QED) is 0.252. The molecule has 3 rings (SSSR count). The van der Waals surface area contributed by atoms with Gasteiger partial charge in [-0.15, -0.1) is 10.2 Å². The predicted octanol–water partition coefficient (Wildman–Crippen LogP) is 4.14. The lowest BCUT2D eigenvalue weighted by Crippen LogP contribution is -2.18. The lowest BCUT2D eigenvalue weighted by molar-refractivity contribution is -0.384.